The van der Waals surface area contributed by atoms with E-state index in [9.17, 15) is 4.79 Å². The molecule has 0 saturated carbocycles. The Bertz CT molecular complexity index is 285. The van der Waals surface area contributed by atoms with Gasteiger partial charge in [-0.3, -0.25) is 0 Å². The van der Waals surface area contributed by atoms with Gasteiger partial charge in [-0.15, -0.1) is 11.3 Å². The SMILES string of the molecule is CCNC(=O)NCc1scnc1C. The van der Waals surface area contributed by atoms with Crippen LogP contribution in [0.15, 0.2) is 5.51 Å². The third-order valence-corrected chi connectivity index (χ3v) is 2.53. The lowest BCUT2D eigenvalue weighted by Gasteiger charge is -2.03. The van der Waals surface area contributed by atoms with E-state index in [4.69, 9.17) is 0 Å². The Morgan fingerprint density at radius 1 is 1.62 bits per heavy atom. The van der Waals surface area contributed by atoms with Crippen LogP contribution in [-0.2, 0) is 6.54 Å². The summed E-state index contributed by atoms with van der Waals surface area (Å²) in [7, 11) is 0. The zero-order chi connectivity index (χ0) is 9.68. The van der Waals surface area contributed by atoms with Crippen molar-refractivity contribution >= 4 is 17.4 Å². The van der Waals surface area contributed by atoms with Gasteiger partial charge in [-0.1, -0.05) is 0 Å². The number of aromatic nitrogens is 1. The smallest absolute Gasteiger partial charge is 0.315 e. The maximum Gasteiger partial charge on any atom is 0.315 e. The van der Waals surface area contributed by atoms with Crippen LogP contribution in [0.2, 0.25) is 0 Å². The van der Waals surface area contributed by atoms with Crippen LogP contribution in [0.1, 0.15) is 17.5 Å². The van der Waals surface area contributed by atoms with Gasteiger partial charge in [-0.2, -0.15) is 0 Å². The molecule has 2 amide bonds. The van der Waals surface area contributed by atoms with Crippen LogP contribution in [0, 0.1) is 6.92 Å². The van der Waals surface area contributed by atoms with Gasteiger partial charge in [0.25, 0.3) is 0 Å². The third-order valence-electron chi connectivity index (χ3n) is 1.59. The fourth-order valence-corrected chi connectivity index (χ4v) is 1.60. The molecular formula is C8H13N3OS. The quantitative estimate of drug-likeness (QED) is 0.770. The predicted octanol–water partition coefficient (Wildman–Crippen LogP) is 1.27. The van der Waals surface area contributed by atoms with Gasteiger partial charge in [0, 0.05) is 11.4 Å². The number of thiazole rings is 1. The Morgan fingerprint density at radius 2 is 2.38 bits per heavy atom. The minimum atomic E-state index is -0.129. The van der Waals surface area contributed by atoms with Gasteiger partial charge in [0.05, 0.1) is 17.7 Å². The molecule has 2 N–H and O–H groups in total. The molecule has 72 valence electrons. The summed E-state index contributed by atoms with van der Waals surface area (Å²) in [6.45, 7) is 5.03. The minimum absolute atomic E-state index is 0.129. The topological polar surface area (TPSA) is 54.0 Å². The van der Waals surface area contributed by atoms with Gasteiger partial charge in [0.15, 0.2) is 0 Å². The number of aryl methyl sites for hydroxylation is 1. The number of rotatable bonds is 3. The monoisotopic (exact) mass is 199 g/mol. The lowest BCUT2D eigenvalue weighted by molar-refractivity contribution is 0.241. The molecule has 13 heavy (non-hydrogen) atoms. The van der Waals surface area contributed by atoms with Gasteiger partial charge in [0.2, 0.25) is 0 Å². The average molecular weight is 199 g/mol. The van der Waals surface area contributed by atoms with Crippen molar-refractivity contribution in [1.82, 2.24) is 15.6 Å². The molecule has 1 aromatic heterocycles. The van der Waals surface area contributed by atoms with E-state index in [1.54, 1.807) is 16.8 Å². The minimum Gasteiger partial charge on any atom is -0.338 e. The van der Waals surface area contributed by atoms with Crippen LogP contribution in [-0.4, -0.2) is 17.6 Å². The van der Waals surface area contributed by atoms with Crippen molar-refractivity contribution in [3.05, 3.63) is 16.1 Å². The van der Waals surface area contributed by atoms with Crippen LogP contribution in [0.3, 0.4) is 0 Å². The molecule has 0 aliphatic carbocycles. The zero-order valence-corrected chi connectivity index (χ0v) is 8.57. The summed E-state index contributed by atoms with van der Waals surface area (Å²) in [6, 6.07) is -0.129. The molecule has 0 aromatic carbocycles. The molecule has 1 aromatic rings. The fraction of sp³-hybridized carbons (Fsp3) is 0.500. The van der Waals surface area contributed by atoms with Crippen molar-refractivity contribution in [2.75, 3.05) is 6.54 Å². The van der Waals surface area contributed by atoms with Gasteiger partial charge < -0.3 is 10.6 Å². The highest BCUT2D eigenvalue weighted by Crippen LogP contribution is 2.10. The first kappa shape index (κ1) is 9.98. The van der Waals surface area contributed by atoms with E-state index >= 15 is 0 Å². The summed E-state index contributed by atoms with van der Waals surface area (Å²) < 4.78 is 0. The molecule has 0 fully saturated rings. The number of carbonyl (C=O) groups excluding carboxylic acids is 1. The highest BCUT2D eigenvalue weighted by Gasteiger charge is 2.02. The van der Waals surface area contributed by atoms with E-state index < -0.39 is 0 Å². The molecule has 0 saturated heterocycles. The summed E-state index contributed by atoms with van der Waals surface area (Å²) in [4.78, 5) is 16.2. The average Bonchev–Trinajstić information content (AvgIpc) is 2.48. The first-order chi connectivity index (χ1) is 6.24. The van der Waals surface area contributed by atoms with E-state index in [2.05, 4.69) is 15.6 Å². The van der Waals surface area contributed by atoms with Crippen molar-refractivity contribution in [2.24, 2.45) is 0 Å². The first-order valence-electron chi connectivity index (χ1n) is 4.14. The van der Waals surface area contributed by atoms with Crippen LogP contribution >= 0.6 is 11.3 Å². The van der Waals surface area contributed by atoms with Crippen LogP contribution in [0.5, 0.6) is 0 Å². The number of hydrogen-bond acceptors (Lipinski definition) is 3. The number of nitrogens with zero attached hydrogens (tertiary/aromatic N) is 1. The molecule has 0 radical (unpaired) electrons. The molecule has 5 heteroatoms. The van der Waals surface area contributed by atoms with Crippen LogP contribution in [0.4, 0.5) is 4.79 Å². The van der Waals surface area contributed by atoms with Crippen molar-refractivity contribution in [2.45, 2.75) is 20.4 Å². The molecule has 0 spiro atoms. The van der Waals surface area contributed by atoms with E-state index in [0.29, 0.717) is 13.1 Å². The number of hydrogen-bond donors (Lipinski definition) is 2. The lowest BCUT2D eigenvalue weighted by atomic mass is 10.4. The predicted molar refractivity (Wildman–Crippen MR) is 52.8 cm³/mol. The normalized spacial score (nSPS) is 9.69. The lowest BCUT2D eigenvalue weighted by Crippen LogP contribution is -2.34. The number of urea groups is 1. The Morgan fingerprint density at radius 3 is 2.92 bits per heavy atom. The summed E-state index contributed by atoms with van der Waals surface area (Å²) in [5.74, 6) is 0. The highest BCUT2D eigenvalue weighted by molar-refractivity contribution is 7.09. The van der Waals surface area contributed by atoms with Gasteiger partial charge in [0.1, 0.15) is 0 Å². The summed E-state index contributed by atoms with van der Waals surface area (Å²) >= 11 is 1.56. The zero-order valence-electron chi connectivity index (χ0n) is 7.76. The first-order valence-corrected chi connectivity index (χ1v) is 5.02. The molecule has 1 rings (SSSR count). The van der Waals surface area contributed by atoms with Crippen LogP contribution in [0.25, 0.3) is 0 Å². The Balaban J connectivity index is 2.35. The molecular weight excluding hydrogens is 186 g/mol. The van der Waals surface area contributed by atoms with Gasteiger partial charge in [-0.05, 0) is 13.8 Å². The fourth-order valence-electron chi connectivity index (χ4n) is 0.880. The Hall–Kier alpha value is -1.10. The summed E-state index contributed by atoms with van der Waals surface area (Å²) in [5.41, 5.74) is 2.77. The molecule has 0 aliphatic rings. The summed E-state index contributed by atoms with van der Waals surface area (Å²) in [6.07, 6.45) is 0. The largest absolute Gasteiger partial charge is 0.338 e. The van der Waals surface area contributed by atoms with Gasteiger partial charge >= 0.3 is 6.03 Å². The molecule has 4 nitrogen and oxygen atoms in total. The standard InChI is InChI=1S/C8H13N3OS/c1-3-9-8(12)10-4-7-6(2)11-5-13-7/h5H,3-4H2,1-2H3,(H2,9,10,12). The number of nitrogens with one attached hydrogen (secondary N) is 2. The van der Waals surface area contributed by atoms with Crippen molar-refractivity contribution in [1.29, 1.82) is 0 Å². The Kier molecular flexibility index (Phi) is 3.70. The van der Waals surface area contributed by atoms with Crippen LogP contribution < -0.4 is 10.6 Å². The van der Waals surface area contributed by atoms with E-state index in [1.807, 2.05) is 13.8 Å². The number of carbonyl (C=O) groups is 1. The van der Waals surface area contributed by atoms with Gasteiger partial charge in [-0.25, -0.2) is 9.78 Å². The second kappa shape index (κ2) is 4.81. The third kappa shape index (κ3) is 3.02. The molecule has 0 atom stereocenters. The maximum absolute atomic E-state index is 11.0. The molecule has 0 bridgehead atoms. The number of amides is 2. The van der Waals surface area contributed by atoms with Crippen molar-refractivity contribution in [3.63, 3.8) is 0 Å². The van der Waals surface area contributed by atoms with E-state index in [-0.39, 0.29) is 6.03 Å². The van der Waals surface area contributed by atoms with Crippen molar-refractivity contribution in [3.8, 4) is 0 Å². The summed E-state index contributed by atoms with van der Waals surface area (Å²) in [5, 5.41) is 5.41. The maximum atomic E-state index is 11.0. The van der Waals surface area contributed by atoms with E-state index in [0.717, 1.165) is 10.6 Å². The highest BCUT2D eigenvalue weighted by atomic mass is 32.1. The van der Waals surface area contributed by atoms with Crippen molar-refractivity contribution < 1.29 is 4.79 Å². The second-order valence-electron chi connectivity index (χ2n) is 2.57. The second-order valence-corrected chi connectivity index (χ2v) is 3.51. The molecule has 0 unspecified atom stereocenters. The molecule has 0 aliphatic heterocycles. The van der Waals surface area contributed by atoms with E-state index in [1.165, 1.54) is 0 Å². The molecule has 1 heterocycles. The Labute approximate surface area is 81.4 Å².